The zero-order valence-electron chi connectivity index (χ0n) is 17.1. The number of hydrogen-bond acceptors (Lipinski definition) is 6. The molecule has 0 fully saturated rings. The van der Waals surface area contributed by atoms with E-state index in [9.17, 15) is 4.80 Å². The highest BCUT2D eigenvalue weighted by Crippen LogP contribution is 2.46. The molecule has 2 aromatic rings. The van der Waals surface area contributed by atoms with Crippen LogP contribution in [0.3, 0.4) is 0 Å². The first-order chi connectivity index (χ1) is 13.3. The molecule has 154 valence electrons. The Morgan fingerprint density at radius 3 is 2.75 bits per heavy atom. The fraction of sp³-hybridized carbons (Fsp3) is 0.600. The molecule has 1 aromatic heterocycles. The highest BCUT2D eigenvalue weighted by Gasteiger charge is 2.45. The van der Waals surface area contributed by atoms with E-state index in [-0.39, 0.29) is 30.3 Å². The summed E-state index contributed by atoms with van der Waals surface area (Å²) in [5.41, 5.74) is 1.85. The summed E-state index contributed by atoms with van der Waals surface area (Å²) >= 11 is 0. The number of aliphatic hydroxyl groups is 1. The lowest BCUT2D eigenvalue weighted by molar-refractivity contribution is -0.0247. The number of rotatable bonds is 8. The van der Waals surface area contributed by atoms with Gasteiger partial charge in [0.1, 0.15) is 11.9 Å². The van der Waals surface area contributed by atoms with Crippen molar-refractivity contribution in [2.24, 2.45) is 5.92 Å². The number of aryl methyl sites for hydroxylation is 1. The standard InChI is InChI=1S/C20H31N3O4Si/c1-14-19(26-2)16-7-5-6-8-17(16)27-20(14)18(28(3,4)25)9-11-23-13-15(10-12-24)21-22-23/h5-8,13-14,18-20,24-25H,9-12H2,1-4H3/t14-,18?,19-,20-/m0/s1. The van der Waals surface area contributed by atoms with Gasteiger partial charge in [0.2, 0.25) is 0 Å². The summed E-state index contributed by atoms with van der Waals surface area (Å²) < 4.78 is 14.0. The molecule has 28 heavy (non-hydrogen) atoms. The molecule has 1 aliphatic rings. The number of methoxy groups -OCH3 is 1. The number of ether oxygens (including phenoxy) is 2. The second-order valence-corrected chi connectivity index (χ2v) is 12.2. The van der Waals surface area contributed by atoms with Gasteiger partial charge >= 0.3 is 0 Å². The average molecular weight is 406 g/mol. The summed E-state index contributed by atoms with van der Waals surface area (Å²) in [6, 6.07) is 7.98. The number of fused-ring (bicyclic) bond motifs is 1. The number of para-hydroxylation sites is 1. The van der Waals surface area contributed by atoms with Crippen molar-refractivity contribution in [3.63, 3.8) is 0 Å². The van der Waals surface area contributed by atoms with Gasteiger partial charge in [-0.15, -0.1) is 5.10 Å². The predicted octanol–water partition coefficient (Wildman–Crippen LogP) is 2.56. The molecule has 2 heterocycles. The van der Waals surface area contributed by atoms with Crippen molar-refractivity contribution in [1.29, 1.82) is 0 Å². The van der Waals surface area contributed by atoms with Crippen LogP contribution in [0.2, 0.25) is 18.6 Å². The van der Waals surface area contributed by atoms with Crippen LogP contribution in [0.1, 0.15) is 30.7 Å². The molecule has 0 saturated heterocycles. The third-order valence-corrected chi connectivity index (χ3v) is 8.10. The summed E-state index contributed by atoms with van der Waals surface area (Å²) in [4.78, 5) is 11.1. The van der Waals surface area contributed by atoms with Gasteiger partial charge in [0.15, 0.2) is 8.32 Å². The molecule has 0 spiro atoms. The average Bonchev–Trinajstić information content (AvgIpc) is 3.09. The topological polar surface area (TPSA) is 89.6 Å². The van der Waals surface area contributed by atoms with Crippen LogP contribution in [0, 0.1) is 5.92 Å². The highest BCUT2D eigenvalue weighted by atomic mass is 28.4. The van der Waals surface area contributed by atoms with E-state index in [2.05, 4.69) is 17.2 Å². The summed E-state index contributed by atoms with van der Waals surface area (Å²) in [6.45, 7) is 6.77. The second kappa shape index (κ2) is 8.73. The quantitative estimate of drug-likeness (QED) is 0.656. The van der Waals surface area contributed by atoms with Crippen LogP contribution in [0.5, 0.6) is 5.75 Å². The fourth-order valence-electron chi connectivity index (χ4n) is 4.19. The van der Waals surface area contributed by atoms with Crippen LogP contribution >= 0.6 is 0 Å². The fourth-order valence-corrected chi connectivity index (χ4v) is 6.20. The molecule has 1 aromatic carbocycles. The summed E-state index contributed by atoms with van der Waals surface area (Å²) in [5.74, 6) is 0.955. The molecule has 7 nitrogen and oxygen atoms in total. The minimum atomic E-state index is -2.52. The van der Waals surface area contributed by atoms with Crippen LogP contribution in [-0.4, -0.2) is 53.0 Å². The molecule has 2 N–H and O–H groups in total. The van der Waals surface area contributed by atoms with E-state index < -0.39 is 8.32 Å². The molecule has 0 radical (unpaired) electrons. The van der Waals surface area contributed by atoms with Crippen molar-refractivity contribution in [3.8, 4) is 5.75 Å². The Bertz CT molecular complexity index is 777. The monoisotopic (exact) mass is 405 g/mol. The van der Waals surface area contributed by atoms with Crippen LogP contribution in [-0.2, 0) is 17.7 Å². The third kappa shape index (κ3) is 4.46. The number of aromatic nitrogens is 3. The Balaban J connectivity index is 1.81. The third-order valence-electron chi connectivity index (χ3n) is 5.67. The van der Waals surface area contributed by atoms with Crippen LogP contribution in [0.25, 0.3) is 0 Å². The first-order valence-electron chi connectivity index (χ1n) is 9.85. The Labute approximate surface area is 167 Å². The lowest BCUT2D eigenvalue weighted by atomic mass is 9.86. The molecule has 4 atom stereocenters. The Kier molecular flexibility index (Phi) is 6.54. The first-order valence-corrected chi connectivity index (χ1v) is 12.9. The van der Waals surface area contributed by atoms with Crippen LogP contribution in [0.4, 0.5) is 0 Å². The molecule has 8 heteroatoms. The van der Waals surface area contributed by atoms with Crippen LogP contribution < -0.4 is 4.74 Å². The van der Waals surface area contributed by atoms with E-state index in [1.165, 1.54) is 0 Å². The summed E-state index contributed by atoms with van der Waals surface area (Å²) in [7, 11) is -0.793. The molecule has 3 rings (SSSR count). The van der Waals surface area contributed by atoms with E-state index in [1.807, 2.05) is 43.6 Å². The van der Waals surface area contributed by atoms with Gasteiger partial charge in [-0.3, -0.25) is 4.68 Å². The molecule has 0 amide bonds. The van der Waals surface area contributed by atoms with E-state index in [1.54, 1.807) is 11.8 Å². The van der Waals surface area contributed by atoms with Crippen molar-refractivity contribution >= 4 is 8.32 Å². The molecule has 0 saturated carbocycles. The van der Waals surface area contributed by atoms with Gasteiger partial charge in [0.05, 0.1) is 11.8 Å². The largest absolute Gasteiger partial charge is 0.490 e. The van der Waals surface area contributed by atoms with Crippen molar-refractivity contribution in [2.45, 2.75) is 57.2 Å². The number of hydrogen-bond donors (Lipinski definition) is 2. The smallest absolute Gasteiger partial charge is 0.189 e. The number of benzene rings is 1. The maximum Gasteiger partial charge on any atom is 0.189 e. The maximum absolute atomic E-state index is 11.1. The molecular weight excluding hydrogens is 374 g/mol. The first kappa shape index (κ1) is 21.0. The van der Waals surface area contributed by atoms with Crippen molar-refractivity contribution in [3.05, 3.63) is 41.7 Å². The van der Waals surface area contributed by atoms with Gasteiger partial charge < -0.3 is 19.4 Å². The summed E-state index contributed by atoms with van der Waals surface area (Å²) in [6.07, 6.45) is 2.91. The lowest BCUT2D eigenvalue weighted by Gasteiger charge is -2.43. The van der Waals surface area contributed by atoms with Gasteiger partial charge in [-0.25, -0.2) is 0 Å². The molecule has 0 aliphatic carbocycles. The number of nitrogens with zero attached hydrogens (tertiary/aromatic N) is 3. The van der Waals surface area contributed by atoms with Gasteiger partial charge in [-0.1, -0.05) is 30.3 Å². The maximum atomic E-state index is 11.1. The lowest BCUT2D eigenvalue weighted by Crippen LogP contribution is -2.48. The highest BCUT2D eigenvalue weighted by molar-refractivity contribution is 6.71. The van der Waals surface area contributed by atoms with E-state index >= 15 is 0 Å². The van der Waals surface area contributed by atoms with Gasteiger partial charge in [0.25, 0.3) is 0 Å². The minimum Gasteiger partial charge on any atom is -0.490 e. The number of aliphatic hydroxyl groups excluding tert-OH is 1. The molecule has 1 unspecified atom stereocenters. The Hall–Kier alpha value is -1.74. The van der Waals surface area contributed by atoms with Crippen molar-refractivity contribution in [2.75, 3.05) is 13.7 Å². The Morgan fingerprint density at radius 1 is 1.32 bits per heavy atom. The zero-order chi connectivity index (χ0) is 20.3. The van der Waals surface area contributed by atoms with E-state index in [0.717, 1.165) is 23.4 Å². The Morgan fingerprint density at radius 2 is 2.07 bits per heavy atom. The molecule has 1 aliphatic heterocycles. The zero-order valence-corrected chi connectivity index (χ0v) is 18.1. The van der Waals surface area contributed by atoms with E-state index in [0.29, 0.717) is 13.0 Å². The van der Waals surface area contributed by atoms with Gasteiger partial charge in [0, 0.05) is 49.9 Å². The molecule has 0 bridgehead atoms. The predicted molar refractivity (Wildman–Crippen MR) is 109 cm³/mol. The normalized spacial score (nSPS) is 23.1. The van der Waals surface area contributed by atoms with Crippen molar-refractivity contribution < 1.29 is 19.4 Å². The minimum absolute atomic E-state index is 0.0130. The van der Waals surface area contributed by atoms with E-state index in [4.69, 9.17) is 14.6 Å². The van der Waals surface area contributed by atoms with Gasteiger partial charge in [-0.05, 0) is 25.6 Å². The van der Waals surface area contributed by atoms with Crippen LogP contribution in [0.15, 0.2) is 30.5 Å². The van der Waals surface area contributed by atoms with Crippen molar-refractivity contribution in [1.82, 2.24) is 15.0 Å². The summed E-state index contributed by atoms with van der Waals surface area (Å²) in [5, 5.41) is 17.3. The second-order valence-electron chi connectivity index (χ2n) is 8.13. The van der Waals surface area contributed by atoms with Gasteiger partial charge in [-0.2, -0.15) is 0 Å². The molecular formula is C20H31N3O4Si. The SMILES string of the molecule is CO[C@@H]1c2ccccc2O[C@H](C(CCn2cc(CCO)nn2)[Si](C)(C)O)[C@H]1C.